The van der Waals surface area contributed by atoms with Crippen LogP contribution in [0.2, 0.25) is 0 Å². The van der Waals surface area contributed by atoms with Crippen molar-refractivity contribution in [1.82, 2.24) is 15.2 Å². The lowest BCUT2D eigenvalue weighted by molar-refractivity contribution is -0.134. The van der Waals surface area contributed by atoms with E-state index in [9.17, 15) is 9.59 Å². The number of fused-ring (bicyclic) bond motifs is 1. The molecule has 0 saturated heterocycles. The van der Waals surface area contributed by atoms with Gasteiger partial charge in [-0.15, -0.1) is 0 Å². The number of H-pyrrole nitrogens is 1. The summed E-state index contributed by atoms with van der Waals surface area (Å²) < 4.78 is 0. The molecular formula is C18H25N3O2. The van der Waals surface area contributed by atoms with E-state index in [0.717, 1.165) is 16.5 Å². The van der Waals surface area contributed by atoms with Crippen LogP contribution in [0.1, 0.15) is 25.8 Å². The Hall–Kier alpha value is -2.30. The first-order valence-corrected chi connectivity index (χ1v) is 7.94. The number of carbonyl (C=O) groups is 2. The van der Waals surface area contributed by atoms with Crippen molar-refractivity contribution in [2.24, 2.45) is 5.92 Å². The molecule has 1 aromatic heterocycles. The van der Waals surface area contributed by atoms with Gasteiger partial charge < -0.3 is 15.2 Å². The number of nitrogens with zero attached hydrogens (tertiary/aromatic N) is 1. The molecule has 124 valence electrons. The predicted molar refractivity (Wildman–Crippen MR) is 92.1 cm³/mol. The van der Waals surface area contributed by atoms with Crippen LogP contribution in [0.5, 0.6) is 0 Å². The molecule has 23 heavy (non-hydrogen) atoms. The highest BCUT2D eigenvalue weighted by atomic mass is 16.2. The van der Waals surface area contributed by atoms with E-state index >= 15 is 0 Å². The van der Waals surface area contributed by atoms with Crippen LogP contribution in [0.4, 0.5) is 0 Å². The monoisotopic (exact) mass is 315 g/mol. The maximum absolute atomic E-state index is 12.4. The summed E-state index contributed by atoms with van der Waals surface area (Å²) in [5.74, 6) is 0.138. The molecule has 0 aliphatic rings. The molecule has 0 aliphatic heterocycles. The van der Waals surface area contributed by atoms with Crippen LogP contribution < -0.4 is 5.32 Å². The van der Waals surface area contributed by atoms with Gasteiger partial charge in [0, 0.05) is 31.2 Å². The van der Waals surface area contributed by atoms with E-state index in [0.29, 0.717) is 12.3 Å². The number of hydrogen-bond donors (Lipinski definition) is 2. The van der Waals surface area contributed by atoms with Gasteiger partial charge in [0.05, 0.1) is 6.42 Å². The average molecular weight is 315 g/mol. The van der Waals surface area contributed by atoms with Crippen molar-refractivity contribution < 1.29 is 9.59 Å². The molecule has 5 nitrogen and oxygen atoms in total. The van der Waals surface area contributed by atoms with Gasteiger partial charge in [0.25, 0.3) is 0 Å². The summed E-state index contributed by atoms with van der Waals surface area (Å²) in [6, 6.07) is 7.41. The number of carbonyl (C=O) groups excluding carboxylic acids is 2. The lowest BCUT2D eigenvalue weighted by atomic mass is 10.0. The fourth-order valence-electron chi connectivity index (χ4n) is 2.70. The van der Waals surface area contributed by atoms with Crippen LogP contribution in [0, 0.1) is 5.92 Å². The number of aromatic nitrogens is 1. The summed E-state index contributed by atoms with van der Waals surface area (Å²) in [7, 11) is 3.42. The van der Waals surface area contributed by atoms with E-state index in [1.54, 1.807) is 14.1 Å². The number of rotatable bonds is 6. The van der Waals surface area contributed by atoms with Gasteiger partial charge in [0.15, 0.2) is 0 Å². The summed E-state index contributed by atoms with van der Waals surface area (Å²) in [6.45, 7) is 4.09. The summed E-state index contributed by atoms with van der Waals surface area (Å²) >= 11 is 0. The first kappa shape index (κ1) is 17.1. The molecule has 0 spiro atoms. The smallest absolute Gasteiger partial charge is 0.244 e. The molecule has 0 fully saturated rings. The van der Waals surface area contributed by atoms with Gasteiger partial charge >= 0.3 is 0 Å². The molecule has 1 heterocycles. The summed E-state index contributed by atoms with van der Waals surface area (Å²) in [6.07, 6.45) is 2.76. The second-order valence-corrected chi connectivity index (χ2v) is 6.52. The lowest BCUT2D eigenvalue weighted by Crippen LogP contribution is -2.47. The zero-order chi connectivity index (χ0) is 17.0. The number of para-hydroxylation sites is 1. The standard InChI is InChI=1S/C18H25N3O2/c1-12(2)9-16(18(23)21(3)4)20-17(22)10-13-11-19-15-8-6-5-7-14(13)15/h5-8,11-12,16,19H,9-10H2,1-4H3,(H,20,22)/t16-/m0/s1. The topological polar surface area (TPSA) is 65.2 Å². The molecule has 0 aliphatic carbocycles. The van der Waals surface area contributed by atoms with Crippen molar-refractivity contribution in [3.63, 3.8) is 0 Å². The fraction of sp³-hybridized carbons (Fsp3) is 0.444. The Kier molecular flexibility index (Phi) is 5.42. The third-order valence-electron chi connectivity index (χ3n) is 3.81. The Bertz CT molecular complexity index is 688. The molecule has 5 heteroatoms. The first-order valence-electron chi connectivity index (χ1n) is 7.94. The SMILES string of the molecule is CC(C)C[C@H](NC(=O)Cc1c[nH]c2ccccc12)C(=O)N(C)C. The van der Waals surface area contributed by atoms with E-state index in [1.165, 1.54) is 4.90 Å². The minimum Gasteiger partial charge on any atom is -0.361 e. The van der Waals surface area contributed by atoms with Gasteiger partial charge in [-0.25, -0.2) is 0 Å². The van der Waals surface area contributed by atoms with Gasteiger partial charge in [-0.2, -0.15) is 0 Å². The van der Waals surface area contributed by atoms with E-state index < -0.39 is 6.04 Å². The minimum atomic E-state index is -0.470. The molecule has 2 rings (SSSR count). The first-order chi connectivity index (χ1) is 10.9. The van der Waals surface area contributed by atoms with E-state index in [-0.39, 0.29) is 18.2 Å². The second-order valence-electron chi connectivity index (χ2n) is 6.52. The van der Waals surface area contributed by atoms with Gasteiger partial charge in [-0.1, -0.05) is 32.0 Å². The summed E-state index contributed by atoms with van der Waals surface area (Å²) in [5.41, 5.74) is 1.96. The average Bonchev–Trinajstić information content (AvgIpc) is 2.88. The quantitative estimate of drug-likeness (QED) is 0.859. The van der Waals surface area contributed by atoms with E-state index in [2.05, 4.69) is 10.3 Å². The molecule has 0 radical (unpaired) electrons. The largest absolute Gasteiger partial charge is 0.361 e. The molecular weight excluding hydrogens is 290 g/mol. The van der Waals surface area contributed by atoms with Crippen molar-refractivity contribution in [2.75, 3.05) is 14.1 Å². The number of amides is 2. The molecule has 0 bridgehead atoms. The normalized spacial score (nSPS) is 12.4. The van der Waals surface area contributed by atoms with Crippen LogP contribution in [0.3, 0.4) is 0 Å². The second kappa shape index (κ2) is 7.31. The zero-order valence-electron chi connectivity index (χ0n) is 14.2. The van der Waals surface area contributed by atoms with Crippen molar-refractivity contribution in [1.29, 1.82) is 0 Å². The maximum Gasteiger partial charge on any atom is 0.244 e. The molecule has 2 aromatic rings. The Morgan fingerprint density at radius 1 is 1.22 bits per heavy atom. The Labute approximate surface area is 137 Å². The summed E-state index contributed by atoms with van der Waals surface area (Å²) in [4.78, 5) is 29.3. The van der Waals surface area contributed by atoms with E-state index in [1.807, 2.05) is 44.3 Å². The van der Waals surface area contributed by atoms with E-state index in [4.69, 9.17) is 0 Å². The third-order valence-corrected chi connectivity index (χ3v) is 3.81. The van der Waals surface area contributed by atoms with Crippen LogP contribution in [-0.4, -0.2) is 41.8 Å². The summed E-state index contributed by atoms with van der Waals surface area (Å²) in [5, 5.41) is 3.93. The van der Waals surface area contributed by atoms with Crippen LogP contribution in [-0.2, 0) is 16.0 Å². The Balaban J connectivity index is 2.08. The Morgan fingerprint density at radius 2 is 1.91 bits per heavy atom. The number of nitrogens with one attached hydrogen (secondary N) is 2. The minimum absolute atomic E-state index is 0.0639. The van der Waals surface area contributed by atoms with Crippen LogP contribution in [0.25, 0.3) is 10.9 Å². The molecule has 0 unspecified atom stereocenters. The van der Waals surface area contributed by atoms with Crippen molar-refractivity contribution in [3.05, 3.63) is 36.0 Å². The molecule has 1 atom stereocenters. The van der Waals surface area contributed by atoms with Crippen molar-refractivity contribution in [3.8, 4) is 0 Å². The number of benzene rings is 1. The highest BCUT2D eigenvalue weighted by molar-refractivity contribution is 5.91. The number of aromatic amines is 1. The van der Waals surface area contributed by atoms with Crippen molar-refractivity contribution in [2.45, 2.75) is 32.7 Å². The molecule has 0 saturated carbocycles. The fourth-order valence-corrected chi connectivity index (χ4v) is 2.70. The van der Waals surface area contributed by atoms with Gasteiger partial charge in [-0.3, -0.25) is 9.59 Å². The molecule has 1 aromatic carbocycles. The highest BCUT2D eigenvalue weighted by Crippen LogP contribution is 2.18. The number of hydrogen-bond acceptors (Lipinski definition) is 2. The van der Waals surface area contributed by atoms with Gasteiger partial charge in [-0.05, 0) is 24.0 Å². The van der Waals surface area contributed by atoms with Gasteiger partial charge in [0.1, 0.15) is 6.04 Å². The highest BCUT2D eigenvalue weighted by Gasteiger charge is 2.23. The Morgan fingerprint density at radius 3 is 2.57 bits per heavy atom. The lowest BCUT2D eigenvalue weighted by Gasteiger charge is -2.23. The van der Waals surface area contributed by atoms with Crippen LogP contribution >= 0.6 is 0 Å². The predicted octanol–water partition coefficient (Wildman–Crippen LogP) is 2.33. The van der Waals surface area contributed by atoms with Gasteiger partial charge in [0.2, 0.25) is 11.8 Å². The maximum atomic E-state index is 12.4. The number of likely N-dealkylation sites (N-methyl/N-ethyl adjacent to an activating group) is 1. The molecule has 2 amide bonds. The molecule has 2 N–H and O–H groups in total. The van der Waals surface area contributed by atoms with Crippen molar-refractivity contribution >= 4 is 22.7 Å². The van der Waals surface area contributed by atoms with Crippen LogP contribution in [0.15, 0.2) is 30.5 Å². The zero-order valence-corrected chi connectivity index (χ0v) is 14.2. The third kappa shape index (κ3) is 4.34.